The molecule has 0 spiro atoms. The van der Waals surface area contributed by atoms with Crippen molar-refractivity contribution in [3.05, 3.63) is 17.5 Å². The first kappa shape index (κ1) is 13.6. The summed E-state index contributed by atoms with van der Waals surface area (Å²) in [7, 11) is 0. The fourth-order valence-corrected chi connectivity index (χ4v) is 1.52. The summed E-state index contributed by atoms with van der Waals surface area (Å²) in [5.74, 6) is -0.209. The third-order valence-electron chi connectivity index (χ3n) is 2.46. The third kappa shape index (κ3) is 3.25. The molecule has 1 rings (SSSR count). The molecular formula is C11H17F2N3O. The highest BCUT2D eigenvalue weighted by Crippen LogP contribution is 2.20. The van der Waals surface area contributed by atoms with E-state index in [1.54, 1.807) is 13.8 Å². The number of aryl methyl sites for hydroxylation is 1. The van der Waals surface area contributed by atoms with Gasteiger partial charge in [-0.2, -0.15) is 5.10 Å². The second-order valence-corrected chi connectivity index (χ2v) is 3.92. The van der Waals surface area contributed by atoms with Crippen molar-refractivity contribution in [2.75, 3.05) is 6.54 Å². The summed E-state index contributed by atoms with van der Waals surface area (Å²) in [6.07, 6.45) is -1.78. The Kier molecular flexibility index (Phi) is 4.60. The number of hydrogen-bond acceptors (Lipinski definition) is 2. The lowest BCUT2D eigenvalue weighted by Gasteiger charge is -2.13. The van der Waals surface area contributed by atoms with Crippen LogP contribution in [0.1, 0.15) is 44.1 Å². The number of hydrogen-bond donors (Lipinski definition) is 1. The Morgan fingerprint density at radius 3 is 2.71 bits per heavy atom. The Morgan fingerprint density at radius 2 is 2.24 bits per heavy atom. The summed E-state index contributed by atoms with van der Waals surface area (Å²) in [6.45, 7) is 5.81. The van der Waals surface area contributed by atoms with E-state index < -0.39 is 12.5 Å². The summed E-state index contributed by atoms with van der Waals surface area (Å²) in [6, 6.07) is 0.725. The fourth-order valence-electron chi connectivity index (χ4n) is 1.52. The Labute approximate surface area is 99.0 Å². The van der Waals surface area contributed by atoms with Gasteiger partial charge in [0, 0.05) is 12.2 Å². The van der Waals surface area contributed by atoms with Gasteiger partial charge in [-0.05, 0) is 26.3 Å². The van der Waals surface area contributed by atoms with Crippen LogP contribution in [-0.2, 0) is 4.79 Å². The van der Waals surface area contributed by atoms with E-state index >= 15 is 0 Å². The minimum absolute atomic E-state index is 0.209. The molecule has 17 heavy (non-hydrogen) atoms. The Hall–Kier alpha value is -1.46. The molecule has 0 aliphatic carbocycles. The lowest BCUT2D eigenvalue weighted by Crippen LogP contribution is -2.32. The average Bonchev–Trinajstić information content (AvgIpc) is 2.67. The first-order chi connectivity index (χ1) is 7.97. The van der Waals surface area contributed by atoms with Gasteiger partial charge in [0.25, 0.3) is 6.43 Å². The SMILES string of the molecule is CCCNC(=O)C(C)n1nc(C(F)F)cc1C. The number of alkyl halides is 2. The number of rotatable bonds is 5. The molecular weight excluding hydrogens is 228 g/mol. The summed E-state index contributed by atoms with van der Waals surface area (Å²) in [4.78, 5) is 11.7. The molecule has 1 aromatic rings. The molecule has 1 unspecified atom stereocenters. The molecule has 0 radical (unpaired) electrons. The molecule has 0 saturated carbocycles. The van der Waals surface area contributed by atoms with Crippen LogP contribution in [0.25, 0.3) is 0 Å². The molecule has 0 bridgehead atoms. The van der Waals surface area contributed by atoms with E-state index in [-0.39, 0.29) is 11.6 Å². The quantitative estimate of drug-likeness (QED) is 0.864. The monoisotopic (exact) mass is 245 g/mol. The highest BCUT2D eigenvalue weighted by Gasteiger charge is 2.20. The molecule has 1 heterocycles. The van der Waals surface area contributed by atoms with Crippen LogP contribution in [0.2, 0.25) is 0 Å². The zero-order chi connectivity index (χ0) is 13.0. The molecule has 1 aromatic heterocycles. The predicted octanol–water partition coefficient (Wildman–Crippen LogP) is 2.22. The van der Waals surface area contributed by atoms with Crippen molar-refractivity contribution in [2.24, 2.45) is 0 Å². The standard InChI is InChI=1S/C11H17F2N3O/c1-4-5-14-11(17)8(3)16-7(2)6-9(15-16)10(12)13/h6,8,10H,4-5H2,1-3H3,(H,14,17). The predicted molar refractivity (Wildman–Crippen MR) is 59.9 cm³/mol. The molecule has 1 N–H and O–H groups in total. The van der Waals surface area contributed by atoms with Crippen LogP contribution in [0.5, 0.6) is 0 Å². The largest absolute Gasteiger partial charge is 0.354 e. The number of carbonyl (C=O) groups is 1. The van der Waals surface area contributed by atoms with Gasteiger partial charge in [-0.25, -0.2) is 8.78 Å². The molecule has 0 aliphatic heterocycles. The normalized spacial score (nSPS) is 12.8. The van der Waals surface area contributed by atoms with Gasteiger partial charge in [0.15, 0.2) is 0 Å². The lowest BCUT2D eigenvalue weighted by atomic mass is 10.3. The van der Waals surface area contributed by atoms with E-state index in [0.717, 1.165) is 6.42 Å². The van der Waals surface area contributed by atoms with Crippen molar-refractivity contribution in [3.8, 4) is 0 Å². The lowest BCUT2D eigenvalue weighted by molar-refractivity contribution is -0.124. The second kappa shape index (κ2) is 5.75. The summed E-state index contributed by atoms with van der Waals surface area (Å²) < 4.78 is 26.2. The van der Waals surface area contributed by atoms with Crippen molar-refractivity contribution in [2.45, 2.75) is 39.7 Å². The van der Waals surface area contributed by atoms with Crippen molar-refractivity contribution < 1.29 is 13.6 Å². The molecule has 96 valence electrons. The number of halogens is 2. The van der Waals surface area contributed by atoms with Gasteiger partial charge in [-0.3, -0.25) is 9.48 Å². The molecule has 0 fully saturated rings. The summed E-state index contributed by atoms with van der Waals surface area (Å²) >= 11 is 0. The van der Waals surface area contributed by atoms with Crippen LogP contribution in [0.3, 0.4) is 0 Å². The minimum Gasteiger partial charge on any atom is -0.354 e. The second-order valence-electron chi connectivity index (χ2n) is 3.92. The molecule has 4 nitrogen and oxygen atoms in total. The van der Waals surface area contributed by atoms with Crippen molar-refractivity contribution in [3.63, 3.8) is 0 Å². The van der Waals surface area contributed by atoms with Crippen LogP contribution >= 0.6 is 0 Å². The molecule has 1 amide bonds. The number of amides is 1. The zero-order valence-corrected chi connectivity index (χ0v) is 10.2. The van der Waals surface area contributed by atoms with E-state index in [2.05, 4.69) is 10.4 Å². The fraction of sp³-hybridized carbons (Fsp3) is 0.636. The molecule has 0 aromatic carbocycles. The summed E-state index contributed by atoms with van der Waals surface area (Å²) in [5.41, 5.74) is 0.261. The maximum atomic E-state index is 12.5. The highest BCUT2D eigenvalue weighted by molar-refractivity contribution is 5.79. The molecule has 0 aliphatic rings. The van der Waals surface area contributed by atoms with Gasteiger partial charge in [0.2, 0.25) is 5.91 Å². The Bertz CT molecular complexity index is 390. The van der Waals surface area contributed by atoms with Gasteiger partial charge in [0.05, 0.1) is 0 Å². The van der Waals surface area contributed by atoms with Crippen LogP contribution in [0, 0.1) is 6.92 Å². The smallest absolute Gasteiger partial charge is 0.282 e. The van der Waals surface area contributed by atoms with Gasteiger partial charge < -0.3 is 5.32 Å². The molecule has 6 heteroatoms. The van der Waals surface area contributed by atoms with Gasteiger partial charge >= 0.3 is 0 Å². The highest BCUT2D eigenvalue weighted by atomic mass is 19.3. The van der Waals surface area contributed by atoms with E-state index in [0.29, 0.717) is 12.2 Å². The van der Waals surface area contributed by atoms with E-state index in [1.165, 1.54) is 10.7 Å². The van der Waals surface area contributed by atoms with Gasteiger partial charge in [0.1, 0.15) is 11.7 Å². The zero-order valence-electron chi connectivity index (χ0n) is 10.2. The summed E-state index contributed by atoms with van der Waals surface area (Å²) in [5, 5.41) is 6.45. The minimum atomic E-state index is -2.61. The molecule has 1 atom stereocenters. The first-order valence-corrected chi connectivity index (χ1v) is 5.59. The number of nitrogens with zero attached hydrogens (tertiary/aromatic N) is 2. The van der Waals surface area contributed by atoms with E-state index in [1.807, 2.05) is 6.92 Å². The first-order valence-electron chi connectivity index (χ1n) is 5.59. The van der Waals surface area contributed by atoms with Crippen LogP contribution in [-0.4, -0.2) is 22.2 Å². The van der Waals surface area contributed by atoms with Crippen LogP contribution in [0.4, 0.5) is 8.78 Å². The third-order valence-corrected chi connectivity index (χ3v) is 2.46. The van der Waals surface area contributed by atoms with Gasteiger partial charge in [-0.15, -0.1) is 0 Å². The number of nitrogens with one attached hydrogen (secondary N) is 1. The number of aromatic nitrogens is 2. The Balaban J connectivity index is 2.81. The van der Waals surface area contributed by atoms with E-state index in [4.69, 9.17) is 0 Å². The van der Waals surface area contributed by atoms with Crippen LogP contribution < -0.4 is 5.32 Å². The topological polar surface area (TPSA) is 46.9 Å². The van der Waals surface area contributed by atoms with Gasteiger partial charge in [-0.1, -0.05) is 6.92 Å². The van der Waals surface area contributed by atoms with E-state index in [9.17, 15) is 13.6 Å². The van der Waals surface area contributed by atoms with Crippen molar-refractivity contribution >= 4 is 5.91 Å². The van der Waals surface area contributed by atoms with Crippen molar-refractivity contribution in [1.29, 1.82) is 0 Å². The van der Waals surface area contributed by atoms with Crippen molar-refractivity contribution in [1.82, 2.24) is 15.1 Å². The maximum Gasteiger partial charge on any atom is 0.282 e. The maximum absolute atomic E-state index is 12.5. The van der Waals surface area contributed by atoms with Crippen LogP contribution in [0.15, 0.2) is 6.07 Å². The average molecular weight is 245 g/mol. The molecule has 0 saturated heterocycles. The number of carbonyl (C=O) groups excluding carboxylic acids is 1. The Morgan fingerprint density at radius 1 is 1.59 bits per heavy atom.